The number of benzene rings is 2. The second-order valence-corrected chi connectivity index (χ2v) is 5.27. The third-order valence-electron chi connectivity index (χ3n) is 3.67. The van der Waals surface area contributed by atoms with Gasteiger partial charge in [0.2, 0.25) is 0 Å². The van der Waals surface area contributed by atoms with Crippen molar-refractivity contribution in [2.24, 2.45) is 5.92 Å². The molecule has 2 heteroatoms. The van der Waals surface area contributed by atoms with Gasteiger partial charge >= 0.3 is 0 Å². The Bertz CT molecular complexity index is 604. The summed E-state index contributed by atoms with van der Waals surface area (Å²) in [7, 11) is 0. The van der Waals surface area contributed by atoms with E-state index >= 15 is 0 Å². The largest absolute Gasteiger partial charge is 0.300 e. The average Bonchev–Trinajstić information content (AvgIpc) is 2.40. The van der Waals surface area contributed by atoms with Gasteiger partial charge in [-0.05, 0) is 55.5 Å². The molecule has 0 heterocycles. The number of aryl methyl sites for hydroxylation is 1. The van der Waals surface area contributed by atoms with Crippen LogP contribution in [-0.2, 0) is 17.6 Å². The van der Waals surface area contributed by atoms with Crippen LogP contribution >= 0.6 is 0 Å². The second kappa shape index (κ2) is 6.47. The normalized spacial score (nSPS) is 12.2. The van der Waals surface area contributed by atoms with Crippen molar-refractivity contribution in [3.63, 3.8) is 0 Å². The van der Waals surface area contributed by atoms with E-state index in [2.05, 4.69) is 19.1 Å². The molecule has 0 aliphatic heterocycles. The summed E-state index contributed by atoms with van der Waals surface area (Å²) < 4.78 is 13.2. The summed E-state index contributed by atoms with van der Waals surface area (Å²) in [5.74, 6) is -0.198. The number of carbonyl (C=O) groups is 1. The first-order valence-corrected chi connectivity index (χ1v) is 6.85. The fraction of sp³-hybridized carbons (Fsp3) is 0.278. The van der Waals surface area contributed by atoms with Crippen LogP contribution in [0.4, 0.5) is 4.39 Å². The average molecular weight is 270 g/mol. The van der Waals surface area contributed by atoms with Gasteiger partial charge in [0.25, 0.3) is 0 Å². The molecule has 0 radical (unpaired) electrons. The van der Waals surface area contributed by atoms with Crippen LogP contribution in [0.2, 0.25) is 0 Å². The molecular formula is C18H19FO. The van der Waals surface area contributed by atoms with Crippen molar-refractivity contribution >= 4 is 5.78 Å². The Morgan fingerprint density at radius 1 is 1.10 bits per heavy atom. The fourth-order valence-electron chi connectivity index (χ4n) is 2.41. The Kier molecular flexibility index (Phi) is 4.67. The lowest BCUT2D eigenvalue weighted by Gasteiger charge is -2.15. The van der Waals surface area contributed by atoms with E-state index < -0.39 is 0 Å². The van der Waals surface area contributed by atoms with E-state index in [1.807, 2.05) is 18.2 Å². The summed E-state index contributed by atoms with van der Waals surface area (Å²) in [6, 6.07) is 14.6. The zero-order chi connectivity index (χ0) is 14.5. The molecule has 0 fully saturated rings. The van der Waals surface area contributed by atoms with Crippen LogP contribution in [0, 0.1) is 18.7 Å². The molecule has 0 aliphatic carbocycles. The Labute approximate surface area is 119 Å². The number of rotatable bonds is 5. The topological polar surface area (TPSA) is 17.1 Å². The van der Waals surface area contributed by atoms with Crippen LogP contribution in [-0.4, -0.2) is 5.78 Å². The van der Waals surface area contributed by atoms with Crippen LogP contribution in [0.1, 0.15) is 23.6 Å². The zero-order valence-corrected chi connectivity index (χ0v) is 11.9. The van der Waals surface area contributed by atoms with Crippen molar-refractivity contribution in [3.8, 4) is 0 Å². The number of ketones is 1. The van der Waals surface area contributed by atoms with Crippen LogP contribution in [0.3, 0.4) is 0 Å². The standard InChI is InChI=1S/C18H19FO/c1-13-6-3-4-8-16(13)12-17(14(2)20)10-15-7-5-9-18(19)11-15/h3-9,11,17H,10,12H2,1-2H3. The fourth-order valence-corrected chi connectivity index (χ4v) is 2.41. The quantitative estimate of drug-likeness (QED) is 0.798. The lowest BCUT2D eigenvalue weighted by molar-refractivity contribution is -0.120. The van der Waals surface area contributed by atoms with Gasteiger partial charge in [-0.1, -0.05) is 36.4 Å². The molecule has 2 aromatic rings. The number of Topliss-reactive ketones (excluding diaryl/α,β-unsaturated/α-hetero) is 1. The van der Waals surface area contributed by atoms with Gasteiger partial charge in [0, 0.05) is 5.92 Å². The summed E-state index contributed by atoms with van der Waals surface area (Å²) in [4.78, 5) is 11.9. The molecule has 20 heavy (non-hydrogen) atoms. The number of hydrogen-bond donors (Lipinski definition) is 0. The van der Waals surface area contributed by atoms with Gasteiger partial charge in [0.1, 0.15) is 11.6 Å². The number of carbonyl (C=O) groups excluding carboxylic acids is 1. The highest BCUT2D eigenvalue weighted by atomic mass is 19.1. The molecule has 0 aromatic heterocycles. The first kappa shape index (κ1) is 14.4. The van der Waals surface area contributed by atoms with E-state index in [0.717, 1.165) is 5.56 Å². The SMILES string of the molecule is CC(=O)C(Cc1cccc(F)c1)Cc1ccccc1C. The molecule has 2 rings (SSSR count). The van der Waals surface area contributed by atoms with Crippen molar-refractivity contribution in [2.75, 3.05) is 0 Å². The molecule has 104 valence electrons. The lowest BCUT2D eigenvalue weighted by atomic mass is 9.88. The second-order valence-electron chi connectivity index (χ2n) is 5.27. The smallest absolute Gasteiger partial charge is 0.133 e. The monoisotopic (exact) mass is 270 g/mol. The summed E-state index contributed by atoms with van der Waals surface area (Å²) in [6.07, 6.45) is 1.29. The highest BCUT2D eigenvalue weighted by Gasteiger charge is 2.16. The van der Waals surface area contributed by atoms with Crippen molar-refractivity contribution in [1.82, 2.24) is 0 Å². The van der Waals surface area contributed by atoms with Gasteiger partial charge < -0.3 is 0 Å². The highest BCUT2D eigenvalue weighted by molar-refractivity contribution is 5.79. The zero-order valence-electron chi connectivity index (χ0n) is 11.9. The van der Waals surface area contributed by atoms with Crippen LogP contribution in [0.25, 0.3) is 0 Å². The summed E-state index contributed by atoms with van der Waals surface area (Å²) in [5, 5.41) is 0. The van der Waals surface area contributed by atoms with Gasteiger partial charge in [-0.15, -0.1) is 0 Å². The van der Waals surface area contributed by atoms with E-state index in [0.29, 0.717) is 12.8 Å². The van der Waals surface area contributed by atoms with Gasteiger partial charge in [-0.3, -0.25) is 4.79 Å². The molecule has 1 nitrogen and oxygen atoms in total. The van der Waals surface area contributed by atoms with Gasteiger partial charge in [-0.25, -0.2) is 4.39 Å². The first-order chi connectivity index (χ1) is 9.56. The van der Waals surface area contributed by atoms with Crippen LogP contribution < -0.4 is 0 Å². The molecule has 1 atom stereocenters. The molecule has 0 saturated carbocycles. The van der Waals surface area contributed by atoms with E-state index in [-0.39, 0.29) is 17.5 Å². The lowest BCUT2D eigenvalue weighted by Crippen LogP contribution is -2.17. The molecule has 0 saturated heterocycles. The predicted molar refractivity (Wildman–Crippen MR) is 79.2 cm³/mol. The molecule has 0 bridgehead atoms. The van der Waals surface area contributed by atoms with E-state index in [1.165, 1.54) is 23.3 Å². The molecular weight excluding hydrogens is 251 g/mol. The van der Waals surface area contributed by atoms with E-state index in [9.17, 15) is 9.18 Å². The minimum atomic E-state index is -0.249. The molecule has 0 amide bonds. The van der Waals surface area contributed by atoms with Gasteiger partial charge in [0.05, 0.1) is 0 Å². The Balaban J connectivity index is 2.16. The van der Waals surface area contributed by atoms with E-state index in [1.54, 1.807) is 13.0 Å². The van der Waals surface area contributed by atoms with Crippen molar-refractivity contribution in [2.45, 2.75) is 26.7 Å². The first-order valence-electron chi connectivity index (χ1n) is 6.85. The Morgan fingerprint density at radius 2 is 1.85 bits per heavy atom. The summed E-state index contributed by atoms with van der Waals surface area (Å²) >= 11 is 0. The number of hydrogen-bond acceptors (Lipinski definition) is 1. The van der Waals surface area contributed by atoms with Crippen LogP contribution in [0.15, 0.2) is 48.5 Å². The molecule has 0 N–H and O–H groups in total. The van der Waals surface area contributed by atoms with Crippen LogP contribution in [0.5, 0.6) is 0 Å². The third kappa shape index (κ3) is 3.77. The molecule has 0 spiro atoms. The Morgan fingerprint density at radius 3 is 2.50 bits per heavy atom. The summed E-state index contributed by atoms with van der Waals surface area (Å²) in [5.41, 5.74) is 3.25. The Hall–Kier alpha value is -1.96. The molecule has 0 aliphatic rings. The maximum Gasteiger partial charge on any atom is 0.133 e. The highest BCUT2D eigenvalue weighted by Crippen LogP contribution is 2.18. The summed E-state index contributed by atoms with van der Waals surface area (Å²) in [6.45, 7) is 3.66. The van der Waals surface area contributed by atoms with E-state index in [4.69, 9.17) is 0 Å². The van der Waals surface area contributed by atoms with Crippen molar-refractivity contribution in [3.05, 3.63) is 71.0 Å². The maximum atomic E-state index is 13.2. The van der Waals surface area contributed by atoms with Gasteiger partial charge in [-0.2, -0.15) is 0 Å². The van der Waals surface area contributed by atoms with Crippen molar-refractivity contribution in [1.29, 1.82) is 0 Å². The minimum Gasteiger partial charge on any atom is -0.300 e. The minimum absolute atomic E-state index is 0.0992. The van der Waals surface area contributed by atoms with Crippen molar-refractivity contribution < 1.29 is 9.18 Å². The molecule has 1 unspecified atom stereocenters. The van der Waals surface area contributed by atoms with Gasteiger partial charge in [0.15, 0.2) is 0 Å². The predicted octanol–water partition coefficient (Wildman–Crippen LogP) is 4.12. The third-order valence-corrected chi connectivity index (χ3v) is 3.67. The maximum absolute atomic E-state index is 13.2. The number of halogens is 1. The molecule has 2 aromatic carbocycles.